The molecule has 0 unspecified atom stereocenters. The normalized spacial score (nSPS) is 21.5. The first-order chi connectivity index (χ1) is 12.2. The number of benzene rings is 1. The van der Waals surface area contributed by atoms with Gasteiger partial charge in [-0.25, -0.2) is 0 Å². The van der Waals surface area contributed by atoms with Crippen molar-refractivity contribution in [2.45, 2.75) is 52.0 Å². The first-order valence-electron chi connectivity index (χ1n) is 9.68. The van der Waals surface area contributed by atoms with E-state index in [1.165, 1.54) is 5.56 Å². The monoisotopic (exact) mass is 341 g/mol. The van der Waals surface area contributed by atoms with Crippen LogP contribution in [-0.2, 0) is 19.4 Å². The molecular weight excluding hydrogens is 310 g/mol. The maximum Gasteiger partial charge on any atom is 0.118 e. The van der Waals surface area contributed by atoms with Crippen molar-refractivity contribution in [3.05, 3.63) is 59.5 Å². The molecule has 0 radical (unpaired) electrons. The Morgan fingerprint density at radius 2 is 1.92 bits per heavy atom. The Hall–Kier alpha value is -1.58. The van der Waals surface area contributed by atoms with Crippen molar-refractivity contribution in [2.75, 3.05) is 19.7 Å². The second-order valence-electron chi connectivity index (χ2n) is 7.53. The molecule has 1 aromatic carbocycles. The molecule has 0 aliphatic carbocycles. The summed E-state index contributed by atoms with van der Waals surface area (Å²) in [5, 5.41) is 10.1. The molecule has 0 amide bonds. The van der Waals surface area contributed by atoms with Gasteiger partial charge in [-0.15, -0.1) is 0 Å². The van der Waals surface area contributed by atoms with Crippen molar-refractivity contribution in [3.8, 4) is 0 Å². The molecule has 1 atom stereocenters. The summed E-state index contributed by atoms with van der Waals surface area (Å²) in [6, 6.07) is 14.8. The second-order valence-corrected chi connectivity index (χ2v) is 7.53. The van der Waals surface area contributed by atoms with Crippen molar-refractivity contribution in [3.63, 3.8) is 0 Å². The molecular formula is C22H31NO2. The topological polar surface area (TPSA) is 36.6 Å². The molecule has 3 heteroatoms. The minimum absolute atomic E-state index is 0.0488. The average Bonchev–Trinajstić information content (AvgIpc) is 3.10. The number of hydrogen-bond acceptors (Lipinski definition) is 3. The highest BCUT2D eigenvalue weighted by Crippen LogP contribution is 2.35. The first kappa shape index (κ1) is 18.2. The van der Waals surface area contributed by atoms with E-state index in [4.69, 9.17) is 4.42 Å². The standard InChI is InChI=1S/C22H31NO2/c1-2-20-11-12-21(25-20)16-23-15-7-14-22(17-23,18-24)13-6-10-19-8-4-3-5-9-19/h3-5,8-9,11-12,24H,2,6-7,10,13-18H2,1H3/t22-/m0/s1. The summed E-state index contributed by atoms with van der Waals surface area (Å²) in [7, 11) is 0. The van der Waals surface area contributed by atoms with E-state index in [-0.39, 0.29) is 12.0 Å². The van der Waals surface area contributed by atoms with Gasteiger partial charge in [-0.2, -0.15) is 0 Å². The molecule has 2 aromatic rings. The van der Waals surface area contributed by atoms with Gasteiger partial charge in [-0.3, -0.25) is 4.90 Å². The van der Waals surface area contributed by atoms with Crippen LogP contribution >= 0.6 is 0 Å². The minimum Gasteiger partial charge on any atom is -0.465 e. The van der Waals surface area contributed by atoms with Gasteiger partial charge < -0.3 is 9.52 Å². The van der Waals surface area contributed by atoms with Crippen molar-refractivity contribution in [1.29, 1.82) is 0 Å². The lowest BCUT2D eigenvalue weighted by Gasteiger charge is -2.41. The molecule has 1 aliphatic heterocycles. The third-order valence-electron chi connectivity index (χ3n) is 5.54. The molecule has 3 rings (SSSR count). The van der Waals surface area contributed by atoms with E-state index >= 15 is 0 Å². The predicted octanol–water partition coefficient (Wildman–Crippen LogP) is 4.44. The summed E-state index contributed by atoms with van der Waals surface area (Å²) >= 11 is 0. The molecule has 3 nitrogen and oxygen atoms in total. The van der Waals surface area contributed by atoms with Crippen LogP contribution in [0, 0.1) is 5.41 Å². The van der Waals surface area contributed by atoms with Crippen LogP contribution < -0.4 is 0 Å². The van der Waals surface area contributed by atoms with E-state index in [2.05, 4.69) is 54.3 Å². The average molecular weight is 341 g/mol. The quantitative estimate of drug-likeness (QED) is 0.771. The number of aliphatic hydroxyl groups is 1. The van der Waals surface area contributed by atoms with Crippen molar-refractivity contribution < 1.29 is 9.52 Å². The number of hydrogen-bond donors (Lipinski definition) is 1. The molecule has 0 spiro atoms. The highest BCUT2D eigenvalue weighted by molar-refractivity contribution is 5.14. The van der Waals surface area contributed by atoms with E-state index in [1.807, 2.05) is 0 Å². The zero-order valence-corrected chi connectivity index (χ0v) is 15.4. The van der Waals surface area contributed by atoms with E-state index in [9.17, 15) is 5.11 Å². The molecule has 25 heavy (non-hydrogen) atoms. The highest BCUT2D eigenvalue weighted by Gasteiger charge is 2.34. The fourth-order valence-corrected chi connectivity index (χ4v) is 4.09. The number of aryl methyl sites for hydroxylation is 2. The summed E-state index contributed by atoms with van der Waals surface area (Å²) in [5.41, 5.74) is 1.44. The number of aliphatic hydroxyl groups excluding tert-OH is 1. The second kappa shape index (κ2) is 8.68. The molecule has 2 heterocycles. The number of piperidine rings is 1. The molecule has 136 valence electrons. The Morgan fingerprint density at radius 1 is 1.12 bits per heavy atom. The van der Waals surface area contributed by atoms with Gasteiger partial charge in [0.05, 0.1) is 6.54 Å². The zero-order valence-electron chi connectivity index (χ0n) is 15.4. The van der Waals surface area contributed by atoms with Crippen molar-refractivity contribution in [1.82, 2.24) is 4.90 Å². The number of likely N-dealkylation sites (tertiary alicyclic amines) is 1. The Balaban J connectivity index is 1.54. The molecule has 1 aromatic heterocycles. The maximum atomic E-state index is 10.1. The van der Waals surface area contributed by atoms with E-state index in [0.29, 0.717) is 0 Å². The lowest BCUT2D eigenvalue weighted by Crippen LogP contribution is -2.45. The van der Waals surface area contributed by atoms with Crippen LogP contribution in [0.3, 0.4) is 0 Å². The fraction of sp³-hybridized carbons (Fsp3) is 0.545. The molecule has 0 bridgehead atoms. The Morgan fingerprint density at radius 3 is 2.64 bits per heavy atom. The van der Waals surface area contributed by atoms with Crippen molar-refractivity contribution in [2.24, 2.45) is 5.41 Å². The van der Waals surface area contributed by atoms with Gasteiger partial charge in [0.25, 0.3) is 0 Å². The third kappa shape index (κ3) is 4.96. The molecule has 1 fully saturated rings. The summed E-state index contributed by atoms with van der Waals surface area (Å²) in [6.45, 7) is 5.34. The van der Waals surface area contributed by atoms with Crippen LogP contribution in [0.1, 0.15) is 49.7 Å². The van der Waals surface area contributed by atoms with E-state index in [1.54, 1.807) is 0 Å². The van der Waals surface area contributed by atoms with Crippen LogP contribution in [0.25, 0.3) is 0 Å². The minimum atomic E-state index is 0.0488. The lowest BCUT2D eigenvalue weighted by molar-refractivity contribution is 0.0182. The number of nitrogens with zero attached hydrogens (tertiary/aromatic N) is 1. The Bertz CT molecular complexity index is 636. The zero-order chi connectivity index (χ0) is 17.5. The maximum absolute atomic E-state index is 10.1. The summed E-state index contributed by atoms with van der Waals surface area (Å²) < 4.78 is 5.87. The molecule has 0 saturated carbocycles. The van der Waals surface area contributed by atoms with Crippen LogP contribution in [-0.4, -0.2) is 29.7 Å². The van der Waals surface area contributed by atoms with Crippen LogP contribution in [0.2, 0.25) is 0 Å². The third-order valence-corrected chi connectivity index (χ3v) is 5.54. The number of rotatable bonds is 8. The fourth-order valence-electron chi connectivity index (χ4n) is 4.09. The van der Waals surface area contributed by atoms with Gasteiger partial charge >= 0.3 is 0 Å². The predicted molar refractivity (Wildman–Crippen MR) is 101 cm³/mol. The van der Waals surface area contributed by atoms with Gasteiger partial charge in [0.15, 0.2) is 0 Å². The smallest absolute Gasteiger partial charge is 0.118 e. The Labute approximate surface area is 151 Å². The van der Waals surface area contributed by atoms with Crippen LogP contribution in [0.15, 0.2) is 46.9 Å². The summed E-state index contributed by atoms with van der Waals surface area (Å²) in [5.74, 6) is 2.11. The van der Waals surface area contributed by atoms with Gasteiger partial charge in [-0.1, -0.05) is 37.3 Å². The molecule has 1 N–H and O–H groups in total. The molecule has 1 aliphatic rings. The van der Waals surface area contributed by atoms with Gasteiger partial charge in [0.2, 0.25) is 0 Å². The van der Waals surface area contributed by atoms with E-state index in [0.717, 1.165) is 69.7 Å². The van der Waals surface area contributed by atoms with Crippen LogP contribution in [0.5, 0.6) is 0 Å². The van der Waals surface area contributed by atoms with E-state index < -0.39 is 0 Å². The first-order valence-corrected chi connectivity index (χ1v) is 9.68. The lowest BCUT2D eigenvalue weighted by atomic mass is 9.76. The summed E-state index contributed by atoms with van der Waals surface area (Å²) in [6.07, 6.45) is 6.56. The molecule has 1 saturated heterocycles. The van der Waals surface area contributed by atoms with Gasteiger partial charge in [0.1, 0.15) is 11.5 Å². The Kier molecular flexibility index (Phi) is 6.33. The number of furan rings is 1. The van der Waals surface area contributed by atoms with Gasteiger partial charge in [0, 0.05) is 25.0 Å². The summed E-state index contributed by atoms with van der Waals surface area (Å²) in [4.78, 5) is 2.46. The SMILES string of the molecule is CCc1ccc(CN2CCC[C@@](CO)(CCCc3ccccc3)C2)o1. The van der Waals surface area contributed by atoms with Gasteiger partial charge in [-0.05, 0) is 56.3 Å². The van der Waals surface area contributed by atoms with Crippen LogP contribution in [0.4, 0.5) is 0 Å². The van der Waals surface area contributed by atoms with Crippen molar-refractivity contribution >= 4 is 0 Å². The highest BCUT2D eigenvalue weighted by atomic mass is 16.3. The largest absolute Gasteiger partial charge is 0.465 e.